The van der Waals surface area contributed by atoms with Crippen LogP contribution in [0.2, 0.25) is 0 Å². The Bertz CT molecular complexity index is 432. The quantitative estimate of drug-likeness (QED) is 0.625. The summed E-state index contributed by atoms with van der Waals surface area (Å²) in [4.78, 5) is 6.60. The van der Waals surface area contributed by atoms with Crippen LogP contribution in [-0.2, 0) is 6.54 Å². The third kappa shape index (κ3) is 4.42. The predicted molar refractivity (Wildman–Crippen MR) is 81.7 cm³/mol. The molecule has 5 heteroatoms. The highest BCUT2D eigenvalue weighted by molar-refractivity contribution is 5.75. The summed E-state index contributed by atoms with van der Waals surface area (Å²) >= 11 is 0. The molecular formula is C15H24N4O. The fraction of sp³-hybridized carbons (Fsp3) is 0.533. The first-order valence-electron chi connectivity index (χ1n) is 7.08. The number of ether oxygens (including phenoxy) is 1. The zero-order valence-electron chi connectivity index (χ0n) is 12.1. The molecule has 0 amide bonds. The molecule has 1 fully saturated rings. The fourth-order valence-electron chi connectivity index (χ4n) is 2.55. The second-order valence-electron chi connectivity index (χ2n) is 5.33. The van der Waals surface area contributed by atoms with Crippen molar-refractivity contribution in [2.45, 2.75) is 19.4 Å². The molecule has 1 heterocycles. The number of nitrogens with zero attached hydrogens (tertiary/aromatic N) is 2. The van der Waals surface area contributed by atoms with Gasteiger partial charge in [0.25, 0.3) is 0 Å². The zero-order chi connectivity index (χ0) is 14.4. The summed E-state index contributed by atoms with van der Waals surface area (Å²) in [6.45, 7) is 3.98. The number of guanidine groups is 1. The van der Waals surface area contributed by atoms with E-state index in [9.17, 15) is 0 Å². The molecule has 0 aliphatic carbocycles. The highest BCUT2D eigenvalue weighted by Gasteiger charge is 2.18. The van der Waals surface area contributed by atoms with E-state index in [1.54, 1.807) is 7.11 Å². The van der Waals surface area contributed by atoms with Crippen molar-refractivity contribution in [3.05, 3.63) is 29.8 Å². The van der Waals surface area contributed by atoms with Gasteiger partial charge in [0.15, 0.2) is 5.96 Å². The molecule has 1 saturated heterocycles. The Labute approximate surface area is 120 Å². The van der Waals surface area contributed by atoms with Crippen LogP contribution < -0.4 is 16.2 Å². The lowest BCUT2D eigenvalue weighted by molar-refractivity contribution is 0.180. The molecule has 1 aromatic rings. The van der Waals surface area contributed by atoms with Crippen LogP contribution in [-0.4, -0.2) is 37.6 Å². The maximum atomic E-state index is 5.37. The van der Waals surface area contributed by atoms with Crippen molar-refractivity contribution in [1.29, 1.82) is 0 Å². The van der Waals surface area contributed by atoms with Crippen molar-refractivity contribution in [3.8, 4) is 5.75 Å². The molecule has 0 bridgehead atoms. The van der Waals surface area contributed by atoms with E-state index in [0.717, 1.165) is 44.8 Å². The standard InChI is InChI=1S/C15H24N4O/c1-20-14-4-2-13(3-5-14)11-19-8-6-12(7-9-19)10-18-15(16)17/h2-5,12H,6-11H2,1H3,(H4,16,17,18). The van der Waals surface area contributed by atoms with Crippen LogP contribution in [0.5, 0.6) is 5.75 Å². The topological polar surface area (TPSA) is 76.9 Å². The van der Waals surface area contributed by atoms with Gasteiger partial charge in [0.2, 0.25) is 0 Å². The minimum absolute atomic E-state index is 0.200. The number of nitrogens with two attached hydrogens (primary N) is 2. The molecule has 20 heavy (non-hydrogen) atoms. The van der Waals surface area contributed by atoms with Gasteiger partial charge in [-0.3, -0.25) is 9.89 Å². The van der Waals surface area contributed by atoms with E-state index >= 15 is 0 Å². The molecule has 0 atom stereocenters. The molecule has 0 saturated carbocycles. The summed E-state index contributed by atoms with van der Waals surface area (Å²) in [6, 6.07) is 8.29. The molecular weight excluding hydrogens is 252 g/mol. The van der Waals surface area contributed by atoms with E-state index < -0.39 is 0 Å². The lowest BCUT2D eigenvalue weighted by atomic mass is 9.96. The number of hydrogen-bond donors (Lipinski definition) is 2. The number of hydrogen-bond acceptors (Lipinski definition) is 3. The van der Waals surface area contributed by atoms with Gasteiger partial charge in [-0.25, -0.2) is 0 Å². The van der Waals surface area contributed by atoms with E-state index in [-0.39, 0.29) is 5.96 Å². The van der Waals surface area contributed by atoms with Crippen LogP contribution in [0.25, 0.3) is 0 Å². The largest absolute Gasteiger partial charge is 0.497 e. The van der Waals surface area contributed by atoms with Gasteiger partial charge in [-0.05, 0) is 49.5 Å². The molecule has 1 aliphatic rings. The van der Waals surface area contributed by atoms with Crippen molar-refractivity contribution in [1.82, 2.24) is 4.90 Å². The molecule has 5 nitrogen and oxygen atoms in total. The Balaban J connectivity index is 1.77. The van der Waals surface area contributed by atoms with E-state index in [1.807, 2.05) is 12.1 Å². The third-order valence-electron chi connectivity index (χ3n) is 3.80. The Morgan fingerprint density at radius 2 is 1.90 bits per heavy atom. The summed E-state index contributed by atoms with van der Waals surface area (Å²) in [5.41, 5.74) is 12.1. The van der Waals surface area contributed by atoms with Crippen LogP contribution >= 0.6 is 0 Å². The second-order valence-corrected chi connectivity index (χ2v) is 5.33. The van der Waals surface area contributed by atoms with Gasteiger partial charge in [-0.1, -0.05) is 12.1 Å². The van der Waals surface area contributed by atoms with Crippen LogP contribution in [0.4, 0.5) is 0 Å². The van der Waals surface area contributed by atoms with E-state index in [4.69, 9.17) is 16.2 Å². The average molecular weight is 276 g/mol. The van der Waals surface area contributed by atoms with Gasteiger partial charge in [-0.15, -0.1) is 0 Å². The number of benzene rings is 1. The molecule has 0 aromatic heterocycles. The molecule has 4 N–H and O–H groups in total. The first-order valence-corrected chi connectivity index (χ1v) is 7.08. The lowest BCUT2D eigenvalue weighted by Crippen LogP contribution is -2.34. The van der Waals surface area contributed by atoms with Gasteiger partial charge < -0.3 is 16.2 Å². The minimum Gasteiger partial charge on any atom is -0.497 e. The normalized spacial score (nSPS) is 16.9. The smallest absolute Gasteiger partial charge is 0.185 e. The van der Waals surface area contributed by atoms with Gasteiger partial charge in [-0.2, -0.15) is 0 Å². The first kappa shape index (κ1) is 14.7. The molecule has 2 rings (SSSR count). The van der Waals surface area contributed by atoms with Gasteiger partial charge >= 0.3 is 0 Å². The summed E-state index contributed by atoms with van der Waals surface area (Å²) in [7, 11) is 1.69. The van der Waals surface area contributed by atoms with Crippen LogP contribution in [0, 0.1) is 5.92 Å². The SMILES string of the molecule is COc1ccc(CN2CCC(CN=C(N)N)CC2)cc1. The predicted octanol–water partition coefficient (Wildman–Crippen LogP) is 1.18. The van der Waals surface area contributed by atoms with Crippen molar-refractivity contribution in [2.75, 3.05) is 26.7 Å². The molecule has 1 aromatic carbocycles. The van der Waals surface area contributed by atoms with E-state index in [0.29, 0.717) is 5.92 Å². The second kappa shape index (κ2) is 7.14. The van der Waals surface area contributed by atoms with E-state index in [2.05, 4.69) is 22.0 Å². The van der Waals surface area contributed by atoms with Crippen LogP contribution in [0.1, 0.15) is 18.4 Å². The van der Waals surface area contributed by atoms with Crippen molar-refractivity contribution < 1.29 is 4.74 Å². The van der Waals surface area contributed by atoms with Crippen molar-refractivity contribution in [3.63, 3.8) is 0 Å². The number of piperidine rings is 1. The Morgan fingerprint density at radius 1 is 1.25 bits per heavy atom. The summed E-state index contributed by atoms with van der Waals surface area (Å²) in [6.07, 6.45) is 2.32. The lowest BCUT2D eigenvalue weighted by Gasteiger charge is -2.31. The Morgan fingerprint density at radius 3 is 2.45 bits per heavy atom. The summed E-state index contributed by atoms with van der Waals surface area (Å²) < 4.78 is 5.17. The molecule has 1 aliphatic heterocycles. The molecule has 0 spiro atoms. The monoisotopic (exact) mass is 276 g/mol. The minimum atomic E-state index is 0.200. The number of aliphatic imine (C=N–C) groups is 1. The number of likely N-dealkylation sites (tertiary alicyclic amines) is 1. The highest BCUT2D eigenvalue weighted by Crippen LogP contribution is 2.20. The molecule has 110 valence electrons. The fourth-order valence-corrected chi connectivity index (χ4v) is 2.55. The summed E-state index contributed by atoms with van der Waals surface area (Å²) in [5, 5.41) is 0. The zero-order valence-corrected chi connectivity index (χ0v) is 12.1. The van der Waals surface area contributed by atoms with Gasteiger partial charge in [0.05, 0.1) is 7.11 Å². The third-order valence-corrected chi connectivity index (χ3v) is 3.80. The maximum absolute atomic E-state index is 5.37. The Kier molecular flexibility index (Phi) is 5.24. The van der Waals surface area contributed by atoms with Gasteiger partial charge in [0, 0.05) is 13.1 Å². The van der Waals surface area contributed by atoms with Crippen molar-refractivity contribution in [2.24, 2.45) is 22.4 Å². The molecule has 0 unspecified atom stereocenters. The highest BCUT2D eigenvalue weighted by atomic mass is 16.5. The molecule has 0 radical (unpaired) electrons. The van der Waals surface area contributed by atoms with Crippen LogP contribution in [0.15, 0.2) is 29.3 Å². The average Bonchev–Trinajstić information content (AvgIpc) is 2.47. The summed E-state index contributed by atoms with van der Waals surface area (Å²) in [5.74, 6) is 1.72. The van der Waals surface area contributed by atoms with Gasteiger partial charge in [0.1, 0.15) is 5.75 Å². The Hall–Kier alpha value is -1.75. The number of methoxy groups -OCH3 is 1. The van der Waals surface area contributed by atoms with Crippen molar-refractivity contribution >= 4 is 5.96 Å². The van der Waals surface area contributed by atoms with Crippen LogP contribution in [0.3, 0.4) is 0 Å². The number of rotatable bonds is 5. The van der Waals surface area contributed by atoms with E-state index in [1.165, 1.54) is 5.56 Å². The maximum Gasteiger partial charge on any atom is 0.185 e. The first-order chi connectivity index (χ1) is 9.67.